The predicted octanol–water partition coefficient (Wildman–Crippen LogP) is 2.66. The number of nitrogens with zero attached hydrogens (tertiary/aromatic N) is 1. The summed E-state index contributed by atoms with van der Waals surface area (Å²) in [6.07, 6.45) is 3.22. The largest absolute Gasteiger partial charge is 0.399 e. The van der Waals surface area contributed by atoms with Crippen LogP contribution in [0.3, 0.4) is 0 Å². The fourth-order valence-corrected chi connectivity index (χ4v) is 2.56. The van der Waals surface area contributed by atoms with Crippen LogP contribution in [0.5, 0.6) is 0 Å². The third-order valence-corrected chi connectivity index (χ3v) is 3.59. The van der Waals surface area contributed by atoms with Gasteiger partial charge in [-0.25, -0.2) is 0 Å². The predicted molar refractivity (Wildman–Crippen MR) is 75.4 cm³/mol. The van der Waals surface area contributed by atoms with E-state index >= 15 is 0 Å². The maximum atomic E-state index is 5.89. The van der Waals surface area contributed by atoms with E-state index in [9.17, 15) is 0 Å². The minimum atomic E-state index is 0.404. The number of nitrogens with two attached hydrogens (primary N) is 1. The van der Waals surface area contributed by atoms with E-state index in [-0.39, 0.29) is 0 Å². The zero-order chi connectivity index (χ0) is 13.0. The van der Waals surface area contributed by atoms with Crippen LogP contribution < -0.4 is 5.73 Å². The van der Waals surface area contributed by atoms with Crippen LogP contribution >= 0.6 is 0 Å². The molecule has 0 saturated carbocycles. The van der Waals surface area contributed by atoms with Gasteiger partial charge in [0.2, 0.25) is 0 Å². The van der Waals surface area contributed by atoms with Crippen LogP contribution in [0.2, 0.25) is 0 Å². The van der Waals surface area contributed by atoms with Gasteiger partial charge >= 0.3 is 0 Å². The molecule has 1 aliphatic rings. The first-order chi connectivity index (χ1) is 8.67. The van der Waals surface area contributed by atoms with Gasteiger partial charge in [0.05, 0.1) is 12.2 Å². The molecule has 2 rings (SSSR count). The molecule has 0 radical (unpaired) electrons. The number of anilines is 1. The molecule has 1 aromatic carbocycles. The van der Waals surface area contributed by atoms with Crippen LogP contribution in [0.1, 0.15) is 32.3 Å². The minimum absolute atomic E-state index is 0.404. The van der Waals surface area contributed by atoms with Gasteiger partial charge < -0.3 is 10.5 Å². The van der Waals surface area contributed by atoms with E-state index in [1.54, 1.807) is 0 Å². The van der Waals surface area contributed by atoms with Crippen molar-refractivity contribution in [3.63, 3.8) is 0 Å². The fourth-order valence-electron chi connectivity index (χ4n) is 2.56. The highest BCUT2D eigenvalue weighted by atomic mass is 16.5. The second-order valence-electron chi connectivity index (χ2n) is 5.22. The van der Waals surface area contributed by atoms with Gasteiger partial charge in [-0.15, -0.1) is 0 Å². The Hall–Kier alpha value is -1.06. The van der Waals surface area contributed by atoms with Crippen LogP contribution in [0.25, 0.3) is 0 Å². The van der Waals surface area contributed by atoms with Gasteiger partial charge in [0.15, 0.2) is 0 Å². The molecule has 1 fully saturated rings. The Morgan fingerprint density at radius 2 is 2.22 bits per heavy atom. The molecule has 0 spiro atoms. The molecule has 3 nitrogen and oxygen atoms in total. The highest BCUT2D eigenvalue weighted by Gasteiger charge is 2.23. The standard InChI is InChI=1S/C15H24N2O/c1-3-17(11-15-8-7-12(2)18-15)10-13-5-4-6-14(16)9-13/h4-6,9,12,15H,3,7-8,10-11,16H2,1-2H3. The van der Waals surface area contributed by atoms with Gasteiger partial charge in [0, 0.05) is 18.8 Å². The maximum Gasteiger partial charge on any atom is 0.0706 e. The molecule has 1 heterocycles. The van der Waals surface area contributed by atoms with Crippen molar-refractivity contribution in [1.29, 1.82) is 0 Å². The monoisotopic (exact) mass is 248 g/mol. The number of rotatable bonds is 5. The smallest absolute Gasteiger partial charge is 0.0706 e. The van der Waals surface area contributed by atoms with E-state index in [1.165, 1.54) is 18.4 Å². The zero-order valence-electron chi connectivity index (χ0n) is 11.4. The normalized spacial score (nSPS) is 23.7. The van der Waals surface area contributed by atoms with Crippen molar-refractivity contribution < 1.29 is 4.74 Å². The number of hydrogen-bond acceptors (Lipinski definition) is 3. The summed E-state index contributed by atoms with van der Waals surface area (Å²) in [7, 11) is 0. The summed E-state index contributed by atoms with van der Waals surface area (Å²) in [5.41, 5.74) is 7.94. The number of hydrogen-bond donors (Lipinski definition) is 1. The Bertz CT molecular complexity index is 381. The molecule has 2 atom stereocenters. The lowest BCUT2D eigenvalue weighted by atomic mass is 10.1. The molecule has 0 bridgehead atoms. The van der Waals surface area contributed by atoms with Gasteiger partial charge in [-0.05, 0) is 44.0 Å². The van der Waals surface area contributed by atoms with Crippen molar-refractivity contribution in [2.45, 2.75) is 45.4 Å². The van der Waals surface area contributed by atoms with Gasteiger partial charge in [0.25, 0.3) is 0 Å². The van der Waals surface area contributed by atoms with Crippen molar-refractivity contribution in [2.75, 3.05) is 18.8 Å². The number of nitrogen functional groups attached to an aromatic ring is 1. The molecule has 0 aliphatic carbocycles. The summed E-state index contributed by atoms with van der Waals surface area (Å²) < 4.78 is 5.89. The highest BCUT2D eigenvalue weighted by molar-refractivity contribution is 5.40. The zero-order valence-corrected chi connectivity index (χ0v) is 11.4. The van der Waals surface area contributed by atoms with Crippen LogP contribution in [0, 0.1) is 0 Å². The first kappa shape index (κ1) is 13.4. The van der Waals surface area contributed by atoms with Crippen molar-refractivity contribution in [3.8, 4) is 0 Å². The van der Waals surface area contributed by atoms with Gasteiger partial charge in [-0.2, -0.15) is 0 Å². The molecule has 100 valence electrons. The topological polar surface area (TPSA) is 38.5 Å². The van der Waals surface area contributed by atoms with E-state index in [0.29, 0.717) is 12.2 Å². The average Bonchev–Trinajstić information content (AvgIpc) is 2.74. The van der Waals surface area contributed by atoms with Gasteiger partial charge in [0.1, 0.15) is 0 Å². The second-order valence-corrected chi connectivity index (χ2v) is 5.22. The molecule has 2 unspecified atom stereocenters. The molecule has 18 heavy (non-hydrogen) atoms. The number of ether oxygens (including phenoxy) is 1. The number of benzene rings is 1. The summed E-state index contributed by atoms with van der Waals surface area (Å²) in [5.74, 6) is 0. The molecule has 1 aliphatic heterocycles. The highest BCUT2D eigenvalue weighted by Crippen LogP contribution is 2.20. The molecule has 0 amide bonds. The summed E-state index contributed by atoms with van der Waals surface area (Å²) in [6.45, 7) is 7.38. The van der Waals surface area contributed by atoms with E-state index < -0.39 is 0 Å². The van der Waals surface area contributed by atoms with Crippen molar-refractivity contribution >= 4 is 5.69 Å². The van der Waals surface area contributed by atoms with E-state index in [2.05, 4.69) is 30.9 Å². The third kappa shape index (κ3) is 3.72. The van der Waals surface area contributed by atoms with Crippen LogP contribution in [0.15, 0.2) is 24.3 Å². The van der Waals surface area contributed by atoms with Crippen LogP contribution in [0.4, 0.5) is 5.69 Å². The van der Waals surface area contributed by atoms with E-state index in [1.807, 2.05) is 12.1 Å². The molecule has 3 heteroatoms. The van der Waals surface area contributed by atoms with Gasteiger partial charge in [-0.3, -0.25) is 4.90 Å². The molecular weight excluding hydrogens is 224 g/mol. The van der Waals surface area contributed by atoms with Crippen LogP contribution in [-0.2, 0) is 11.3 Å². The Morgan fingerprint density at radius 1 is 1.39 bits per heavy atom. The lowest BCUT2D eigenvalue weighted by molar-refractivity contribution is 0.0309. The Balaban J connectivity index is 1.89. The molecule has 1 saturated heterocycles. The average molecular weight is 248 g/mol. The maximum absolute atomic E-state index is 5.89. The number of likely N-dealkylation sites (N-methyl/N-ethyl adjacent to an activating group) is 1. The Morgan fingerprint density at radius 3 is 2.83 bits per heavy atom. The lowest BCUT2D eigenvalue weighted by Gasteiger charge is -2.24. The summed E-state index contributed by atoms with van der Waals surface area (Å²) in [5, 5.41) is 0. The second kappa shape index (κ2) is 6.21. The molecule has 2 N–H and O–H groups in total. The molecule has 1 aromatic rings. The summed E-state index contributed by atoms with van der Waals surface area (Å²) >= 11 is 0. The lowest BCUT2D eigenvalue weighted by Crippen LogP contribution is -2.32. The van der Waals surface area contributed by atoms with Crippen molar-refractivity contribution in [2.24, 2.45) is 0 Å². The molecular formula is C15H24N2O. The first-order valence-electron chi connectivity index (χ1n) is 6.89. The first-order valence-corrected chi connectivity index (χ1v) is 6.89. The van der Waals surface area contributed by atoms with Crippen molar-refractivity contribution in [1.82, 2.24) is 4.90 Å². The summed E-state index contributed by atoms with van der Waals surface area (Å²) in [6, 6.07) is 8.14. The van der Waals surface area contributed by atoms with Crippen molar-refractivity contribution in [3.05, 3.63) is 29.8 Å². The third-order valence-electron chi connectivity index (χ3n) is 3.59. The summed E-state index contributed by atoms with van der Waals surface area (Å²) in [4.78, 5) is 2.43. The Kier molecular flexibility index (Phi) is 4.61. The Labute approximate surface area is 110 Å². The quantitative estimate of drug-likeness (QED) is 0.814. The van der Waals surface area contributed by atoms with E-state index in [0.717, 1.165) is 25.3 Å². The van der Waals surface area contributed by atoms with Crippen LogP contribution in [-0.4, -0.2) is 30.2 Å². The minimum Gasteiger partial charge on any atom is -0.399 e. The van der Waals surface area contributed by atoms with E-state index in [4.69, 9.17) is 10.5 Å². The SMILES string of the molecule is CCN(Cc1cccc(N)c1)CC1CCC(C)O1. The van der Waals surface area contributed by atoms with Gasteiger partial charge in [-0.1, -0.05) is 19.1 Å². The molecule has 0 aromatic heterocycles. The fraction of sp³-hybridized carbons (Fsp3) is 0.600.